The zero-order valence-corrected chi connectivity index (χ0v) is 18.0. The normalized spacial score (nSPS) is 11.2. The third kappa shape index (κ3) is 5.95. The van der Waals surface area contributed by atoms with E-state index in [4.69, 9.17) is 14.2 Å². The summed E-state index contributed by atoms with van der Waals surface area (Å²) >= 11 is 0. The molecule has 0 amide bonds. The van der Waals surface area contributed by atoms with E-state index in [0.717, 1.165) is 16.7 Å². The third-order valence-electron chi connectivity index (χ3n) is 4.27. The molecule has 0 aliphatic carbocycles. The molecule has 156 valence electrons. The van der Waals surface area contributed by atoms with Crippen molar-refractivity contribution in [3.8, 4) is 22.6 Å². The van der Waals surface area contributed by atoms with Crippen molar-refractivity contribution in [3.05, 3.63) is 83.9 Å². The van der Waals surface area contributed by atoms with Gasteiger partial charge in [-0.05, 0) is 75.6 Å². The predicted octanol–water partition coefficient (Wildman–Crippen LogP) is 5.89. The van der Waals surface area contributed by atoms with Crippen molar-refractivity contribution >= 4 is 11.9 Å². The van der Waals surface area contributed by atoms with Crippen LogP contribution in [0.25, 0.3) is 11.1 Å². The van der Waals surface area contributed by atoms with Crippen molar-refractivity contribution in [2.24, 2.45) is 0 Å². The van der Waals surface area contributed by atoms with Crippen LogP contribution in [0.3, 0.4) is 0 Å². The monoisotopic (exact) mass is 406 g/mol. The minimum absolute atomic E-state index is 0.321. The van der Waals surface area contributed by atoms with Crippen LogP contribution in [0.1, 0.15) is 33.3 Å². The summed E-state index contributed by atoms with van der Waals surface area (Å²) in [5.74, 6) is 1.05. The molecule has 0 spiro atoms. The molecule has 0 heterocycles. The molecule has 0 bridgehead atoms. The standard InChI is InChI=1S/C25H26O5/c1-15(2)24(26)29-19(7)18(6)28-22-11-8-20(9-12-22)21-10-13-23(17(5)14-21)30-25(27)16(3)4/h8-14H,1,3H2,2,4-7H3. The molecule has 0 saturated carbocycles. The fourth-order valence-electron chi connectivity index (χ4n) is 2.39. The number of carbonyl (C=O) groups is 2. The number of allylic oxidation sites excluding steroid dienone is 2. The maximum atomic E-state index is 11.7. The lowest BCUT2D eigenvalue weighted by atomic mass is 10.0. The molecule has 30 heavy (non-hydrogen) atoms. The van der Waals surface area contributed by atoms with Crippen LogP contribution in [0.2, 0.25) is 0 Å². The zero-order valence-electron chi connectivity index (χ0n) is 18.0. The Morgan fingerprint density at radius 2 is 1.30 bits per heavy atom. The molecule has 5 heteroatoms. The predicted molar refractivity (Wildman–Crippen MR) is 117 cm³/mol. The first-order valence-electron chi connectivity index (χ1n) is 9.40. The first-order valence-corrected chi connectivity index (χ1v) is 9.40. The van der Waals surface area contributed by atoms with Gasteiger partial charge in [0.25, 0.3) is 0 Å². The van der Waals surface area contributed by atoms with Crippen molar-refractivity contribution in [2.45, 2.75) is 34.6 Å². The zero-order chi connectivity index (χ0) is 22.4. The molecule has 0 aliphatic heterocycles. The van der Waals surface area contributed by atoms with Gasteiger partial charge in [0, 0.05) is 11.1 Å². The number of aryl methyl sites for hydroxylation is 1. The fraction of sp³-hybridized carbons (Fsp3) is 0.200. The van der Waals surface area contributed by atoms with Gasteiger partial charge in [-0.3, -0.25) is 0 Å². The van der Waals surface area contributed by atoms with Crippen molar-refractivity contribution < 1.29 is 23.8 Å². The van der Waals surface area contributed by atoms with Crippen LogP contribution in [0.4, 0.5) is 0 Å². The summed E-state index contributed by atoms with van der Waals surface area (Å²) in [4.78, 5) is 23.3. The first-order chi connectivity index (χ1) is 14.1. The van der Waals surface area contributed by atoms with Crippen molar-refractivity contribution in [3.63, 3.8) is 0 Å². The maximum absolute atomic E-state index is 11.7. The molecule has 0 aliphatic rings. The summed E-state index contributed by atoms with van der Waals surface area (Å²) < 4.78 is 16.3. The van der Waals surface area contributed by atoms with Crippen LogP contribution in [-0.2, 0) is 14.3 Å². The number of hydrogen-bond acceptors (Lipinski definition) is 5. The van der Waals surface area contributed by atoms with Gasteiger partial charge in [0.05, 0.1) is 0 Å². The molecule has 0 aromatic heterocycles. The lowest BCUT2D eigenvalue weighted by Crippen LogP contribution is -2.09. The van der Waals surface area contributed by atoms with Gasteiger partial charge in [0.2, 0.25) is 0 Å². The highest BCUT2D eigenvalue weighted by Gasteiger charge is 2.11. The minimum atomic E-state index is -0.487. The molecular weight excluding hydrogens is 380 g/mol. The Morgan fingerprint density at radius 3 is 1.83 bits per heavy atom. The number of carbonyl (C=O) groups excluding carboxylic acids is 2. The van der Waals surface area contributed by atoms with Crippen LogP contribution < -0.4 is 9.47 Å². The van der Waals surface area contributed by atoms with Crippen LogP contribution in [0.15, 0.2) is 78.3 Å². The van der Waals surface area contributed by atoms with E-state index in [0.29, 0.717) is 34.2 Å². The Labute approximate surface area is 177 Å². The molecular formula is C25H26O5. The van der Waals surface area contributed by atoms with E-state index in [1.54, 1.807) is 33.8 Å². The number of rotatable bonds is 7. The van der Waals surface area contributed by atoms with Gasteiger partial charge in [-0.2, -0.15) is 0 Å². The van der Waals surface area contributed by atoms with E-state index in [1.165, 1.54) is 0 Å². The largest absolute Gasteiger partial charge is 0.459 e. The van der Waals surface area contributed by atoms with Crippen molar-refractivity contribution in [1.29, 1.82) is 0 Å². The first kappa shape index (κ1) is 22.7. The molecule has 2 rings (SSSR count). The Bertz CT molecular complexity index is 1030. The van der Waals surface area contributed by atoms with Gasteiger partial charge in [-0.25, -0.2) is 9.59 Å². The van der Waals surface area contributed by atoms with E-state index in [2.05, 4.69) is 13.2 Å². The van der Waals surface area contributed by atoms with E-state index in [-0.39, 0.29) is 0 Å². The van der Waals surface area contributed by atoms with Gasteiger partial charge >= 0.3 is 11.9 Å². The third-order valence-corrected chi connectivity index (χ3v) is 4.27. The molecule has 0 unspecified atom stereocenters. The molecule has 0 saturated heterocycles. The summed E-state index contributed by atoms with van der Waals surface area (Å²) in [7, 11) is 0. The minimum Gasteiger partial charge on any atom is -0.459 e. The second-order valence-electron chi connectivity index (χ2n) is 7.06. The summed E-state index contributed by atoms with van der Waals surface area (Å²) in [6, 6.07) is 13.1. The van der Waals surface area contributed by atoms with E-state index in [9.17, 15) is 9.59 Å². The van der Waals surface area contributed by atoms with Gasteiger partial charge in [0.15, 0.2) is 0 Å². The Balaban J connectivity index is 2.13. The van der Waals surface area contributed by atoms with Crippen molar-refractivity contribution in [1.82, 2.24) is 0 Å². The molecule has 0 radical (unpaired) electrons. The van der Waals surface area contributed by atoms with Gasteiger partial charge in [-0.1, -0.05) is 31.4 Å². The lowest BCUT2D eigenvalue weighted by Gasteiger charge is -2.12. The Hall–Kier alpha value is -3.60. The summed E-state index contributed by atoms with van der Waals surface area (Å²) in [5, 5.41) is 0. The lowest BCUT2D eigenvalue weighted by molar-refractivity contribution is -0.135. The topological polar surface area (TPSA) is 61.8 Å². The van der Waals surface area contributed by atoms with Crippen LogP contribution in [0.5, 0.6) is 11.5 Å². The molecule has 2 aromatic rings. The van der Waals surface area contributed by atoms with Crippen LogP contribution in [0, 0.1) is 6.92 Å². The van der Waals surface area contributed by atoms with E-state index < -0.39 is 11.9 Å². The van der Waals surface area contributed by atoms with Gasteiger partial charge in [0.1, 0.15) is 23.0 Å². The van der Waals surface area contributed by atoms with E-state index in [1.807, 2.05) is 43.3 Å². The number of esters is 2. The highest BCUT2D eigenvalue weighted by Crippen LogP contribution is 2.28. The molecule has 5 nitrogen and oxygen atoms in total. The summed E-state index contributed by atoms with van der Waals surface area (Å²) in [6.07, 6.45) is 0. The maximum Gasteiger partial charge on any atom is 0.338 e. The van der Waals surface area contributed by atoms with E-state index >= 15 is 0 Å². The summed E-state index contributed by atoms with van der Waals surface area (Å²) in [6.45, 7) is 15.6. The Morgan fingerprint density at radius 1 is 0.733 bits per heavy atom. The highest BCUT2D eigenvalue weighted by molar-refractivity contribution is 5.89. The quantitative estimate of drug-likeness (QED) is 0.248. The second kappa shape index (κ2) is 9.74. The van der Waals surface area contributed by atoms with Crippen LogP contribution in [-0.4, -0.2) is 11.9 Å². The SMILES string of the molecule is C=C(C)C(=O)OC(C)=C(C)Oc1ccc(-c2ccc(OC(=O)C(=C)C)c(C)c2)cc1. The molecule has 0 N–H and O–H groups in total. The second-order valence-corrected chi connectivity index (χ2v) is 7.06. The molecule has 0 fully saturated rings. The smallest absolute Gasteiger partial charge is 0.338 e. The molecule has 2 aromatic carbocycles. The molecule has 0 atom stereocenters. The number of benzene rings is 2. The van der Waals surface area contributed by atoms with Gasteiger partial charge in [-0.15, -0.1) is 0 Å². The summed E-state index contributed by atoms with van der Waals surface area (Å²) in [5.41, 5.74) is 3.48. The van der Waals surface area contributed by atoms with Crippen molar-refractivity contribution in [2.75, 3.05) is 0 Å². The number of hydrogen-bond donors (Lipinski definition) is 0. The number of ether oxygens (including phenoxy) is 3. The van der Waals surface area contributed by atoms with Gasteiger partial charge < -0.3 is 14.2 Å². The Kier molecular flexibility index (Phi) is 7.37. The average molecular weight is 406 g/mol. The highest BCUT2D eigenvalue weighted by atomic mass is 16.6. The average Bonchev–Trinajstić information content (AvgIpc) is 2.69. The van der Waals surface area contributed by atoms with Crippen LogP contribution >= 0.6 is 0 Å². The fourth-order valence-corrected chi connectivity index (χ4v) is 2.39.